The number of carbonyl (C=O) groups is 1. The molecule has 1 amide bonds. The number of amides is 1. The fraction of sp³-hybridized carbons (Fsp3) is 0.143. The lowest BCUT2D eigenvalue weighted by Crippen LogP contribution is -2.32. The molecule has 0 unspecified atom stereocenters. The number of hydrogen-bond donors (Lipinski definition) is 0. The molecule has 25 heavy (non-hydrogen) atoms. The van der Waals surface area contributed by atoms with Crippen LogP contribution in [0.3, 0.4) is 0 Å². The maximum atomic E-state index is 13.0. The van der Waals surface area contributed by atoms with E-state index in [1.54, 1.807) is 6.20 Å². The van der Waals surface area contributed by atoms with E-state index in [0.717, 1.165) is 22.2 Å². The standard InChI is InChI=1S/C21H19BrN2O/c22-19-10-6-9-18(15-19)21(25)24(16-17-7-2-1-3-8-17)14-12-20-11-4-5-13-23-20/h1-11,13,15H,12,14,16H2. The van der Waals surface area contributed by atoms with Crippen molar-refractivity contribution in [3.05, 3.63) is 100 Å². The normalized spacial score (nSPS) is 10.4. The fourth-order valence-corrected chi connectivity index (χ4v) is 3.06. The van der Waals surface area contributed by atoms with Gasteiger partial charge in [-0.1, -0.05) is 58.4 Å². The van der Waals surface area contributed by atoms with Crippen LogP contribution in [0.25, 0.3) is 0 Å². The second-order valence-electron chi connectivity index (χ2n) is 5.79. The van der Waals surface area contributed by atoms with Crippen LogP contribution in [0.2, 0.25) is 0 Å². The Morgan fingerprint density at radius 3 is 2.48 bits per heavy atom. The summed E-state index contributed by atoms with van der Waals surface area (Å²) in [4.78, 5) is 19.2. The van der Waals surface area contributed by atoms with E-state index in [0.29, 0.717) is 18.7 Å². The van der Waals surface area contributed by atoms with Crippen LogP contribution in [-0.4, -0.2) is 22.3 Å². The number of pyridine rings is 1. The number of hydrogen-bond acceptors (Lipinski definition) is 2. The summed E-state index contributed by atoms with van der Waals surface area (Å²) in [6.07, 6.45) is 2.51. The number of halogens is 1. The molecule has 3 rings (SSSR count). The highest BCUT2D eigenvalue weighted by Gasteiger charge is 2.16. The average Bonchev–Trinajstić information content (AvgIpc) is 2.66. The maximum absolute atomic E-state index is 13.0. The van der Waals surface area contributed by atoms with Crippen molar-refractivity contribution in [2.75, 3.05) is 6.54 Å². The molecule has 1 heterocycles. The van der Waals surface area contributed by atoms with Gasteiger partial charge in [-0.15, -0.1) is 0 Å². The molecule has 0 bridgehead atoms. The summed E-state index contributed by atoms with van der Waals surface area (Å²) < 4.78 is 0.905. The van der Waals surface area contributed by atoms with Crippen LogP contribution < -0.4 is 0 Å². The first-order valence-corrected chi connectivity index (χ1v) is 9.00. The van der Waals surface area contributed by atoms with E-state index in [1.807, 2.05) is 77.7 Å². The van der Waals surface area contributed by atoms with Crippen molar-refractivity contribution >= 4 is 21.8 Å². The van der Waals surface area contributed by atoms with Gasteiger partial charge in [-0.05, 0) is 35.9 Å². The predicted octanol–water partition coefficient (Wildman–Crippen LogP) is 4.73. The van der Waals surface area contributed by atoms with Crippen LogP contribution in [0.1, 0.15) is 21.6 Å². The van der Waals surface area contributed by atoms with Gasteiger partial charge in [0.1, 0.15) is 0 Å². The maximum Gasteiger partial charge on any atom is 0.254 e. The summed E-state index contributed by atoms with van der Waals surface area (Å²) >= 11 is 3.44. The Bertz CT molecular complexity index is 822. The van der Waals surface area contributed by atoms with E-state index in [9.17, 15) is 4.79 Å². The van der Waals surface area contributed by atoms with Gasteiger partial charge in [0, 0.05) is 41.4 Å². The molecule has 0 aliphatic heterocycles. The first-order chi connectivity index (χ1) is 12.2. The minimum absolute atomic E-state index is 0.0288. The van der Waals surface area contributed by atoms with Crippen molar-refractivity contribution in [2.24, 2.45) is 0 Å². The van der Waals surface area contributed by atoms with Crippen LogP contribution in [0, 0.1) is 0 Å². The zero-order chi connectivity index (χ0) is 17.5. The van der Waals surface area contributed by atoms with Crippen LogP contribution in [0.4, 0.5) is 0 Å². The van der Waals surface area contributed by atoms with E-state index >= 15 is 0 Å². The molecule has 0 fully saturated rings. The van der Waals surface area contributed by atoms with Crippen molar-refractivity contribution in [1.82, 2.24) is 9.88 Å². The smallest absolute Gasteiger partial charge is 0.254 e. The first-order valence-electron chi connectivity index (χ1n) is 8.21. The van der Waals surface area contributed by atoms with Gasteiger partial charge in [0.05, 0.1) is 0 Å². The Morgan fingerprint density at radius 2 is 1.76 bits per heavy atom. The minimum atomic E-state index is 0.0288. The molecule has 0 saturated heterocycles. The molecule has 0 atom stereocenters. The van der Waals surface area contributed by atoms with Crippen molar-refractivity contribution in [3.63, 3.8) is 0 Å². The lowest BCUT2D eigenvalue weighted by molar-refractivity contribution is 0.0744. The highest BCUT2D eigenvalue weighted by Crippen LogP contribution is 2.16. The molecule has 3 nitrogen and oxygen atoms in total. The van der Waals surface area contributed by atoms with Crippen molar-refractivity contribution in [1.29, 1.82) is 0 Å². The van der Waals surface area contributed by atoms with E-state index < -0.39 is 0 Å². The zero-order valence-electron chi connectivity index (χ0n) is 13.8. The number of nitrogens with zero attached hydrogens (tertiary/aromatic N) is 2. The zero-order valence-corrected chi connectivity index (χ0v) is 15.4. The van der Waals surface area contributed by atoms with Gasteiger partial charge in [0.2, 0.25) is 0 Å². The molecule has 4 heteroatoms. The summed E-state index contributed by atoms with van der Waals surface area (Å²) in [7, 11) is 0. The molecule has 2 aromatic carbocycles. The minimum Gasteiger partial charge on any atom is -0.334 e. The summed E-state index contributed by atoms with van der Waals surface area (Å²) in [5.74, 6) is 0.0288. The van der Waals surface area contributed by atoms with Gasteiger partial charge in [0.25, 0.3) is 5.91 Å². The third kappa shape index (κ3) is 5.00. The SMILES string of the molecule is O=C(c1cccc(Br)c1)N(CCc1ccccn1)Cc1ccccc1. The van der Waals surface area contributed by atoms with Crippen molar-refractivity contribution < 1.29 is 4.79 Å². The molecular formula is C21H19BrN2O. The van der Waals surface area contributed by atoms with Gasteiger partial charge in [-0.25, -0.2) is 0 Å². The molecule has 0 spiro atoms. The Morgan fingerprint density at radius 1 is 0.960 bits per heavy atom. The van der Waals surface area contributed by atoms with Crippen LogP contribution >= 0.6 is 15.9 Å². The molecular weight excluding hydrogens is 376 g/mol. The Hall–Kier alpha value is -2.46. The number of aromatic nitrogens is 1. The van der Waals surface area contributed by atoms with Crippen LogP contribution in [0.15, 0.2) is 83.5 Å². The highest BCUT2D eigenvalue weighted by molar-refractivity contribution is 9.10. The lowest BCUT2D eigenvalue weighted by atomic mass is 10.1. The Balaban J connectivity index is 1.79. The van der Waals surface area contributed by atoms with E-state index in [4.69, 9.17) is 0 Å². The van der Waals surface area contributed by atoms with E-state index in [-0.39, 0.29) is 5.91 Å². The molecule has 0 radical (unpaired) electrons. The van der Waals surface area contributed by atoms with Gasteiger partial charge < -0.3 is 4.90 Å². The second-order valence-corrected chi connectivity index (χ2v) is 6.71. The topological polar surface area (TPSA) is 33.2 Å². The molecule has 0 aliphatic rings. The molecule has 0 saturated carbocycles. The monoisotopic (exact) mass is 394 g/mol. The molecule has 0 N–H and O–H groups in total. The Kier molecular flexibility index (Phi) is 5.96. The van der Waals surface area contributed by atoms with Gasteiger partial charge in [-0.2, -0.15) is 0 Å². The quantitative estimate of drug-likeness (QED) is 0.605. The number of carbonyl (C=O) groups excluding carboxylic acids is 1. The summed E-state index contributed by atoms with van der Waals surface area (Å²) in [6, 6.07) is 23.4. The van der Waals surface area contributed by atoms with Crippen LogP contribution in [-0.2, 0) is 13.0 Å². The second kappa shape index (κ2) is 8.58. The summed E-state index contributed by atoms with van der Waals surface area (Å²) in [6.45, 7) is 1.20. The Labute approximate surface area is 156 Å². The van der Waals surface area contributed by atoms with Crippen LogP contribution in [0.5, 0.6) is 0 Å². The predicted molar refractivity (Wildman–Crippen MR) is 103 cm³/mol. The van der Waals surface area contributed by atoms with E-state index in [2.05, 4.69) is 20.9 Å². The number of benzene rings is 2. The van der Waals surface area contributed by atoms with E-state index in [1.165, 1.54) is 0 Å². The van der Waals surface area contributed by atoms with Gasteiger partial charge in [0.15, 0.2) is 0 Å². The summed E-state index contributed by atoms with van der Waals surface area (Å²) in [5.41, 5.74) is 2.79. The van der Waals surface area contributed by atoms with Gasteiger partial charge >= 0.3 is 0 Å². The van der Waals surface area contributed by atoms with Gasteiger partial charge in [-0.3, -0.25) is 9.78 Å². The molecule has 126 valence electrons. The largest absolute Gasteiger partial charge is 0.334 e. The van der Waals surface area contributed by atoms with Crippen molar-refractivity contribution in [3.8, 4) is 0 Å². The molecule has 0 aliphatic carbocycles. The highest BCUT2D eigenvalue weighted by atomic mass is 79.9. The summed E-state index contributed by atoms with van der Waals surface area (Å²) in [5, 5.41) is 0. The lowest BCUT2D eigenvalue weighted by Gasteiger charge is -2.23. The molecule has 1 aromatic heterocycles. The third-order valence-corrected chi connectivity index (χ3v) is 4.43. The fourth-order valence-electron chi connectivity index (χ4n) is 2.66. The first kappa shape index (κ1) is 17.4. The third-order valence-electron chi connectivity index (χ3n) is 3.94. The van der Waals surface area contributed by atoms with Crippen molar-refractivity contribution in [2.45, 2.75) is 13.0 Å². The number of rotatable bonds is 6. The average molecular weight is 395 g/mol. The molecule has 3 aromatic rings.